The number of rotatable bonds is 5. The minimum atomic E-state index is 0.109. The Morgan fingerprint density at radius 2 is 2.37 bits per heavy atom. The van der Waals surface area contributed by atoms with Crippen molar-refractivity contribution >= 4 is 27.5 Å². The maximum Gasteiger partial charge on any atom is 0.138 e. The molecule has 0 spiro atoms. The van der Waals surface area contributed by atoms with Crippen molar-refractivity contribution in [1.29, 1.82) is 0 Å². The zero-order valence-electron chi connectivity index (χ0n) is 11.2. The molecule has 3 nitrogen and oxygen atoms in total. The van der Waals surface area contributed by atoms with Gasteiger partial charge in [0.15, 0.2) is 0 Å². The average molecular weight is 349 g/mol. The highest BCUT2D eigenvalue weighted by molar-refractivity contribution is 9.10. The van der Waals surface area contributed by atoms with Gasteiger partial charge >= 0.3 is 0 Å². The molecule has 2 rings (SSSR count). The maximum atomic E-state index is 6.18. The van der Waals surface area contributed by atoms with Gasteiger partial charge in [-0.1, -0.05) is 18.5 Å². The second-order valence-electron chi connectivity index (χ2n) is 4.60. The van der Waals surface area contributed by atoms with Crippen LogP contribution >= 0.6 is 27.5 Å². The van der Waals surface area contributed by atoms with Crippen LogP contribution in [-0.2, 0) is 4.74 Å². The molecule has 0 amide bonds. The summed E-state index contributed by atoms with van der Waals surface area (Å²) >= 11 is 9.68. The van der Waals surface area contributed by atoms with Crippen molar-refractivity contribution in [3.05, 3.63) is 27.2 Å². The molecule has 1 N–H and O–H groups in total. The van der Waals surface area contributed by atoms with Gasteiger partial charge in [-0.15, -0.1) is 0 Å². The first-order valence-electron chi connectivity index (χ1n) is 6.55. The first kappa shape index (κ1) is 15.1. The second kappa shape index (κ2) is 6.93. The van der Waals surface area contributed by atoms with E-state index in [-0.39, 0.29) is 12.1 Å². The molecule has 1 aliphatic heterocycles. The third-order valence-electron chi connectivity index (χ3n) is 3.34. The van der Waals surface area contributed by atoms with Gasteiger partial charge in [0.2, 0.25) is 0 Å². The van der Waals surface area contributed by atoms with E-state index in [1.807, 2.05) is 12.1 Å². The van der Waals surface area contributed by atoms with Gasteiger partial charge in [0, 0.05) is 17.2 Å². The summed E-state index contributed by atoms with van der Waals surface area (Å²) in [6.07, 6.45) is 2.35. The Morgan fingerprint density at radius 1 is 1.58 bits per heavy atom. The normalized spacial score (nSPS) is 20.5. The van der Waals surface area contributed by atoms with Crippen LogP contribution in [0.1, 0.15) is 31.4 Å². The third-order valence-corrected chi connectivity index (χ3v) is 4.14. The molecule has 0 bridgehead atoms. The van der Waals surface area contributed by atoms with E-state index in [0.717, 1.165) is 41.8 Å². The highest BCUT2D eigenvalue weighted by atomic mass is 79.9. The quantitative estimate of drug-likeness (QED) is 0.874. The van der Waals surface area contributed by atoms with Gasteiger partial charge in [-0.3, -0.25) is 0 Å². The van der Waals surface area contributed by atoms with Crippen molar-refractivity contribution in [2.75, 3.05) is 20.3 Å². The number of likely N-dealkylation sites (N-methyl/N-ethyl adjacent to an activating group) is 1. The van der Waals surface area contributed by atoms with Crippen LogP contribution in [0.15, 0.2) is 16.6 Å². The minimum Gasteiger partial charge on any atom is -0.495 e. The molecule has 1 saturated heterocycles. The Morgan fingerprint density at radius 3 is 2.95 bits per heavy atom. The van der Waals surface area contributed by atoms with E-state index in [9.17, 15) is 0 Å². The van der Waals surface area contributed by atoms with Crippen LogP contribution in [0.3, 0.4) is 0 Å². The summed E-state index contributed by atoms with van der Waals surface area (Å²) in [6.45, 7) is 3.79. The van der Waals surface area contributed by atoms with Gasteiger partial charge in [-0.2, -0.15) is 0 Å². The number of hydrogen-bond donors (Lipinski definition) is 1. The molecule has 0 radical (unpaired) electrons. The van der Waals surface area contributed by atoms with Crippen molar-refractivity contribution in [1.82, 2.24) is 5.32 Å². The standard InChI is InChI=1S/C14H19BrClNO2/c1-3-17-13(12-5-4-6-19-12)10-7-9(16)8-11(15)14(10)18-2/h7-8,12-13,17H,3-6H2,1-2H3. The second-order valence-corrected chi connectivity index (χ2v) is 5.89. The molecule has 19 heavy (non-hydrogen) atoms. The molecule has 0 aliphatic carbocycles. The molecule has 2 atom stereocenters. The van der Waals surface area contributed by atoms with Crippen molar-refractivity contribution in [2.45, 2.75) is 31.9 Å². The summed E-state index contributed by atoms with van der Waals surface area (Å²) in [4.78, 5) is 0. The van der Waals surface area contributed by atoms with E-state index in [0.29, 0.717) is 5.02 Å². The minimum absolute atomic E-state index is 0.109. The average Bonchev–Trinajstić information content (AvgIpc) is 2.88. The van der Waals surface area contributed by atoms with Crippen LogP contribution in [0.5, 0.6) is 5.75 Å². The summed E-state index contributed by atoms with van der Waals surface area (Å²) in [5, 5.41) is 4.18. The highest BCUT2D eigenvalue weighted by Gasteiger charge is 2.29. The molecule has 2 unspecified atom stereocenters. The van der Waals surface area contributed by atoms with Crippen molar-refractivity contribution in [2.24, 2.45) is 0 Å². The summed E-state index contributed by atoms with van der Waals surface area (Å²) < 4.78 is 12.2. The molecule has 0 saturated carbocycles. The molecule has 1 aliphatic rings. The van der Waals surface area contributed by atoms with Crippen LogP contribution < -0.4 is 10.1 Å². The first-order chi connectivity index (χ1) is 9.17. The smallest absolute Gasteiger partial charge is 0.138 e. The lowest BCUT2D eigenvalue weighted by Gasteiger charge is -2.26. The monoisotopic (exact) mass is 347 g/mol. The molecule has 106 valence electrons. The van der Waals surface area contributed by atoms with Gasteiger partial charge in [-0.05, 0) is 47.4 Å². The number of hydrogen-bond acceptors (Lipinski definition) is 3. The van der Waals surface area contributed by atoms with E-state index in [4.69, 9.17) is 21.1 Å². The molecule has 1 heterocycles. The molecule has 5 heteroatoms. The topological polar surface area (TPSA) is 30.5 Å². The van der Waals surface area contributed by atoms with Gasteiger partial charge in [0.05, 0.1) is 23.7 Å². The van der Waals surface area contributed by atoms with Gasteiger partial charge in [-0.25, -0.2) is 0 Å². The Hall–Kier alpha value is -0.290. The number of nitrogens with one attached hydrogen (secondary N) is 1. The van der Waals surface area contributed by atoms with E-state index in [1.54, 1.807) is 7.11 Å². The van der Waals surface area contributed by atoms with E-state index < -0.39 is 0 Å². The van der Waals surface area contributed by atoms with Crippen molar-refractivity contribution in [3.8, 4) is 5.75 Å². The molecule has 0 aromatic heterocycles. The lowest BCUT2D eigenvalue weighted by atomic mass is 9.98. The molecule has 1 fully saturated rings. The Balaban J connectivity index is 2.39. The Kier molecular flexibility index (Phi) is 5.51. The molecular weight excluding hydrogens is 330 g/mol. The van der Waals surface area contributed by atoms with Crippen LogP contribution in [0.4, 0.5) is 0 Å². The molecule has 1 aromatic rings. The summed E-state index contributed by atoms with van der Waals surface area (Å²) in [7, 11) is 1.68. The van der Waals surface area contributed by atoms with E-state index >= 15 is 0 Å². The van der Waals surface area contributed by atoms with Crippen molar-refractivity contribution in [3.63, 3.8) is 0 Å². The van der Waals surface area contributed by atoms with Crippen LogP contribution in [0.25, 0.3) is 0 Å². The predicted octanol–water partition coefficient (Wildman–Crippen LogP) is 3.94. The summed E-state index contributed by atoms with van der Waals surface area (Å²) in [6, 6.07) is 3.92. The predicted molar refractivity (Wildman–Crippen MR) is 81.1 cm³/mol. The zero-order chi connectivity index (χ0) is 13.8. The fourth-order valence-corrected chi connectivity index (χ4v) is 3.55. The number of halogens is 2. The maximum absolute atomic E-state index is 6.18. The Bertz CT molecular complexity index is 436. The number of methoxy groups -OCH3 is 1. The van der Waals surface area contributed by atoms with Crippen LogP contribution in [0, 0.1) is 0 Å². The van der Waals surface area contributed by atoms with E-state index in [1.165, 1.54) is 0 Å². The van der Waals surface area contributed by atoms with Gasteiger partial charge in [0.25, 0.3) is 0 Å². The highest BCUT2D eigenvalue weighted by Crippen LogP contribution is 2.39. The SMILES string of the molecule is CCNC(c1cc(Cl)cc(Br)c1OC)C1CCCO1. The van der Waals surface area contributed by atoms with Crippen LogP contribution in [0.2, 0.25) is 5.02 Å². The molecular formula is C14H19BrClNO2. The Labute approximate surface area is 127 Å². The van der Waals surface area contributed by atoms with Gasteiger partial charge in [0.1, 0.15) is 5.75 Å². The number of benzene rings is 1. The van der Waals surface area contributed by atoms with Crippen molar-refractivity contribution < 1.29 is 9.47 Å². The lowest BCUT2D eigenvalue weighted by molar-refractivity contribution is 0.0779. The first-order valence-corrected chi connectivity index (χ1v) is 7.72. The lowest BCUT2D eigenvalue weighted by Crippen LogP contribution is -2.32. The fourth-order valence-electron chi connectivity index (χ4n) is 2.55. The largest absolute Gasteiger partial charge is 0.495 e. The fraction of sp³-hybridized carbons (Fsp3) is 0.571. The molecule has 1 aromatic carbocycles. The van der Waals surface area contributed by atoms with Crippen LogP contribution in [-0.4, -0.2) is 26.4 Å². The number of ether oxygens (including phenoxy) is 2. The van der Waals surface area contributed by atoms with Gasteiger partial charge < -0.3 is 14.8 Å². The van der Waals surface area contributed by atoms with E-state index in [2.05, 4.69) is 28.2 Å². The zero-order valence-corrected chi connectivity index (χ0v) is 13.6. The third kappa shape index (κ3) is 3.43. The summed E-state index contributed by atoms with van der Waals surface area (Å²) in [5.41, 5.74) is 1.05. The summed E-state index contributed by atoms with van der Waals surface area (Å²) in [5.74, 6) is 0.825.